The van der Waals surface area contributed by atoms with Crippen molar-refractivity contribution in [3.63, 3.8) is 0 Å². The van der Waals surface area contributed by atoms with Crippen molar-refractivity contribution in [2.45, 2.75) is 6.54 Å². The highest BCUT2D eigenvalue weighted by Crippen LogP contribution is 2.30. The molecule has 0 aliphatic carbocycles. The van der Waals surface area contributed by atoms with Crippen molar-refractivity contribution in [2.24, 2.45) is 5.73 Å². The van der Waals surface area contributed by atoms with Crippen LogP contribution in [0.2, 0.25) is 5.02 Å². The highest BCUT2D eigenvalue weighted by molar-refractivity contribution is 9.10. The fourth-order valence-corrected chi connectivity index (χ4v) is 2.48. The Morgan fingerprint density at radius 2 is 1.76 bits per heavy atom. The number of para-hydroxylation sites is 1. The second kappa shape index (κ2) is 7.64. The van der Waals surface area contributed by atoms with Gasteiger partial charge >= 0.3 is 0 Å². The quantitative estimate of drug-likeness (QED) is 0.610. The van der Waals surface area contributed by atoms with Crippen molar-refractivity contribution in [1.29, 1.82) is 0 Å². The predicted molar refractivity (Wildman–Crippen MR) is 84.4 cm³/mol. The van der Waals surface area contributed by atoms with Crippen molar-refractivity contribution < 1.29 is 13.9 Å². The molecule has 112 valence electrons. The van der Waals surface area contributed by atoms with Gasteiger partial charge in [0.2, 0.25) is 0 Å². The molecular weight excluding hydrogens is 361 g/mol. The van der Waals surface area contributed by atoms with Crippen LogP contribution >= 0.6 is 27.5 Å². The molecule has 2 rings (SSSR count). The molecule has 0 fully saturated rings. The molecule has 2 aromatic carbocycles. The van der Waals surface area contributed by atoms with E-state index in [-0.39, 0.29) is 11.6 Å². The molecule has 0 bridgehead atoms. The Hall–Kier alpha value is -1.30. The van der Waals surface area contributed by atoms with E-state index < -0.39 is 5.82 Å². The molecule has 0 aliphatic rings. The van der Waals surface area contributed by atoms with Crippen LogP contribution < -0.4 is 15.2 Å². The van der Waals surface area contributed by atoms with Crippen LogP contribution in [-0.4, -0.2) is 13.2 Å². The van der Waals surface area contributed by atoms with Gasteiger partial charge < -0.3 is 15.2 Å². The highest BCUT2D eigenvalue weighted by atomic mass is 79.9. The molecule has 2 N–H and O–H groups in total. The maximum Gasteiger partial charge on any atom is 0.145 e. The van der Waals surface area contributed by atoms with Crippen LogP contribution in [0, 0.1) is 5.82 Å². The summed E-state index contributed by atoms with van der Waals surface area (Å²) in [5.74, 6) is 0.585. The zero-order chi connectivity index (χ0) is 15.2. The number of nitrogens with two attached hydrogens (primary N) is 1. The molecule has 3 nitrogen and oxygen atoms in total. The van der Waals surface area contributed by atoms with Gasteiger partial charge in [-0.15, -0.1) is 0 Å². The predicted octanol–water partition coefficient (Wildman–Crippen LogP) is 4.16. The van der Waals surface area contributed by atoms with E-state index in [0.29, 0.717) is 23.4 Å². The number of hydrogen-bond donors (Lipinski definition) is 1. The monoisotopic (exact) mass is 373 g/mol. The van der Waals surface area contributed by atoms with Crippen LogP contribution in [0.25, 0.3) is 0 Å². The lowest BCUT2D eigenvalue weighted by molar-refractivity contribution is 0.214. The van der Waals surface area contributed by atoms with Crippen LogP contribution in [0.4, 0.5) is 4.39 Å². The molecule has 0 atom stereocenters. The van der Waals surface area contributed by atoms with Crippen LogP contribution in [-0.2, 0) is 6.54 Å². The summed E-state index contributed by atoms with van der Waals surface area (Å²) in [5, 5.41) is 0.0438. The standard InChI is InChI=1S/C15H14BrClFNO2/c16-11-7-12(17)13(18)8-15(11)21-6-5-20-14-4-2-1-3-10(14)9-19/h1-4,7-8H,5-6,9,19H2. The molecule has 0 unspecified atom stereocenters. The summed E-state index contributed by atoms with van der Waals surface area (Å²) in [7, 11) is 0. The Bertz CT molecular complexity index is 625. The molecule has 6 heteroatoms. The van der Waals surface area contributed by atoms with Crippen molar-refractivity contribution in [3.05, 3.63) is 57.3 Å². The summed E-state index contributed by atoms with van der Waals surface area (Å²) in [6, 6.07) is 10.2. The molecule has 2 aromatic rings. The van der Waals surface area contributed by atoms with Gasteiger partial charge in [0, 0.05) is 18.2 Å². The van der Waals surface area contributed by atoms with Gasteiger partial charge in [0.1, 0.15) is 30.5 Å². The third-order valence-electron chi connectivity index (χ3n) is 2.77. The number of halogens is 3. The summed E-state index contributed by atoms with van der Waals surface area (Å²) < 4.78 is 25.0. The summed E-state index contributed by atoms with van der Waals surface area (Å²) >= 11 is 8.93. The maximum absolute atomic E-state index is 13.4. The Balaban J connectivity index is 1.89. The zero-order valence-electron chi connectivity index (χ0n) is 11.1. The maximum atomic E-state index is 13.4. The lowest BCUT2D eigenvalue weighted by Gasteiger charge is -2.12. The fraction of sp³-hybridized carbons (Fsp3) is 0.200. The normalized spacial score (nSPS) is 10.5. The molecule has 21 heavy (non-hydrogen) atoms. The van der Waals surface area contributed by atoms with E-state index in [1.807, 2.05) is 24.3 Å². The molecule has 0 amide bonds. The van der Waals surface area contributed by atoms with E-state index in [4.69, 9.17) is 26.8 Å². The lowest BCUT2D eigenvalue weighted by atomic mass is 10.2. The van der Waals surface area contributed by atoms with Crippen molar-refractivity contribution in [1.82, 2.24) is 0 Å². The Morgan fingerprint density at radius 3 is 2.48 bits per heavy atom. The molecule has 0 spiro atoms. The van der Waals surface area contributed by atoms with Gasteiger partial charge in [-0.05, 0) is 28.1 Å². The minimum Gasteiger partial charge on any atom is -0.490 e. The van der Waals surface area contributed by atoms with Gasteiger partial charge in [-0.2, -0.15) is 0 Å². The third kappa shape index (κ3) is 4.33. The zero-order valence-corrected chi connectivity index (χ0v) is 13.5. The third-order valence-corrected chi connectivity index (χ3v) is 3.68. The summed E-state index contributed by atoms with van der Waals surface area (Å²) in [6.07, 6.45) is 0. The Labute approximate surface area is 135 Å². The molecular formula is C15H14BrClFNO2. The van der Waals surface area contributed by atoms with Gasteiger partial charge in [0.15, 0.2) is 0 Å². The van der Waals surface area contributed by atoms with Gasteiger partial charge in [-0.25, -0.2) is 4.39 Å². The minimum atomic E-state index is -0.524. The molecule has 0 saturated carbocycles. The van der Waals surface area contributed by atoms with E-state index in [9.17, 15) is 4.39 Å². The topological polar surface area (TPSA) is 44.5 Å². The molecule has 0 aliphatic heterocycles. The van der Waals surface area contributed by atoms with E-state index in [1.165, 1.54) is 12.1 Å². The van der Waals surface area contributed by atoms with E-state index in [1.54, 1.807) is 0 Å². The van der Waals surface area contributed by atoms with E-state index >= 15 is 0 Å². The van der Waals surface area contributed by atoms with Gasteiger partial charge in [-0.3, -0.25) is 0 Å². The van der Waals surface area contributed by atoms with E-state index in [2.05, 4.69) is 15.9 Å². The minimum absolute atomic E-state index is 0.0438. The largest absolute Gasteiger partial charge is 0.490 e. The van der Waals surface area contributed by atoms with Crippen molar-refractivity contribution in [3.8, 4) is 11.5 Å². The first kappa shape index (κ1) is 16.1. The molecule has 0 heterocycles. The summed E-state index contributed by atoms with van der Waals surface area (Å²) in [5.41, 5.74) is 6.55. The Morgan fingerprint density at radius 1 is 1.10 bits per heavy atom. The average Bonchev–Trinajstić information content (AvgIpc) is 2.49. The van der Waals surface area contributed by atoms with Gasteiger partial charge in [-0.1, -0.05) is 29.8 Å². The second-order valence-corrected chi connectivity index (χ2v) is 5.47. The number of rotatable bonds is 6. The van der Waals surface area contributed by atoms with Gasteiger partial charge in [0.05, 0.1) is 9.50 Å². The summed E-state index contributed by atoms with van der Waals surface area (Å²) in [6.45, 7) is 1.01. The van der Waals surface area contributed by atoms with Gasteiger partial charge in [0.25, 0.3) is 0 Å². The van der Waals surface area contributed by atoms with Crippen LogP contribution in [0.5, 0.6) is 11.5 Å². The molecule has 0 saturated heterocycles. The Kier molecular flexibility index (Phi) is 5.85. The number of benzene rings is 2. The first-order chi connectivity index (χ1) is 10.1. The number of ether oxygens (including phenoxy) is 2. The first-order valence-corrected chi connectivity index (χ1v) is 7.47. The van der Waals surface area contributed by atoms with Crippen molar-refractivity contribution in [2.75, 3.05) is 13.2 Å². The molecule has 0 aromatic heterocycles. The number of hydrogen-bond acceptors (Lipinski definition) is 3. The highest BCUT2D eigenvalue weighted by Gasteiger charge is 2.08. The SMILES string of the molecule is NCc1ccccc1OCCOc1cc(F)c(Cl)cc1Br. The smallest absolute Gasteiger partial charge is 0.145 e. The van der Waals surface area contributed by atoms with Crippen LogP contribution in [0.15, 0.2) is 40.9 Å². The fourth-order valence-electron chi connectivity index (χ4n) is 1.73. The average molecular weight is 375 g/mol. The van der Waals surface area contributed by atoms with Crippen LogP contribution in [0.1, 0.15) is 5.56 Å². The molecule has 0 radical (unpaired) electrons. The van der Waals surface area contributed by atoms with Crippen LogP contribution in [0.3, 0.4) is 0 Å². The second-order valence-electron chi connectivity index (χ2n) is 4.21. The van der Waals surface area contributed by atoms with Crippen molar-refractivity contribution >= 4 is 27.5 Å². The first-order valence-electron chi connectivity index (χ1n) is 6.30. The summed E-state index contributed by atoms with van der Waals surface area (Å²) in [4.78, 5) is 0. The lowest BCUT2D eigenvalue weighted by Crippen LogP contribution is -2.11. The van der Waals surface area contributed by atoms with E-state index in [0.717, 1.165) is 11.3 Å².